The first kappa shape index (κ1) is 13.8. The van der Waals surface area contributed by atoms with E-state index in [1.165, 1.54) is 7.11 Å². The Balaban J connectivity index is 2.06. The van der Waals surface area contributed by atoms with Crippen molar-refractivity contribution in [3.63, 3.8) is 0 Å². The van der Waals surface area contributed by atoms with Gasteiger partial charge in [-0.1, -0.05) is 0 Å². The molecule has 5 nitrogen and oxygen atoms in total. The Morgan fingerprint density at radius 3 is 2.61 bits per heavy atom. The molecule has 2 fully saturated rings. The molecule has 0 spiro atoms. The third-order valence-electron chi connectivity index (χ3n) is 4.27. The minimum absolute atomic E-state index is 0.209. The first-order chi connectivity index (χ1) is 8.36. The van der Waals surface area contributed by atoms with E-state index in [-0.39, 0.29) is 17.6 Å². The van der Waals surface area contributed by atoms with E-state index in [9.17, 15) is 13.2 Å². The molecular weight excluding hydrogens is 254 g/mol. The van der Waals surface area contributed by atoms with Crippen LogP contribution in [0.25, 0.3) is 0 Å². The second-order valence-corrected chi connectivity index (χ2v) is 7.90. The van der Waals surface area contributed by atoms with E-state index in [1.807, 2.05) is 6.92 Å². The Morgan fingerprint density at radius 1 is 1.33 bits per heavy atom. The molecule has 0 aromatic carbocycles. The Hall–Kier alpha value is -0.620. The number of hydrogen-bond donors (Lipinski definition) is 1. The number of esters is 1. The fourth-order valence-corrected chi connectivity index (χ4v) is 5.13. The predicted octanol–water partition coefficient (Wildman–Crippen LogP) is 0.352. The van der Waals surface area contributed by atoms with E-state index in [0.717, 1.165) is 19.4 Å². The average molecular weight is 275 g/mol. The zero-order valence-corrected chi connectivity index (χ0v) is 11.8. The third kappa shape index (κ3) is 2.69. The first-order valence-electron chi connectivity index (χ1n) is 6.40. The van der Waals surface area contributed by atoms with Gasteiger partial charge in [-0.25, -0.2) is 8.42 Å². The number of rotatable bonds is 2. The van der Waals surface area contributed by atoms with Gasteiger partial charge >= 0.3 is 5.97 Å². The SMILES string of the molecule is COC(=O)C1(C)CC(C2CCS(=O)(=O)C2)CCN1. The molecule has 0 aromatic rings. The highest BCUT2D eigenvalue weighted by molar-refractivity contribution is 7.91. The zero-order chi connectivity index (χ0) is 13.4. The van der Waals surface area contributed by atoms with Crippen LogP contribution in [0, 0.1) is 11.8 Å². The van der Waals surface area contributed by atoms with Gasteiger partial charge in [0.1, 0.15) is 5.54 Å². The summed E-state index contributed by atoms with van der Waals surface area (Å²) in [6.45, 7) is 2.58. The van der Waals surface area contributed by atoms with Gasteiger partial charge in [-0.2, -0.15) is 0 Å². The summed E-state index contributed by atoms with van der Waals surface area (Å²) in [6, 6.07) is 0. The quantitative estimate of drug-likeness (QED) is 0.736. The summed E-state index contributed by atoms with van der Waals surface area (Å²) in [7, 11) is -1.46. The maximum atomic E-state index is 11.8. The number of carbonyl (C=O) groups excluding carboxylic acids is 1. The molecule has 2 saturated heterocycles. The van der Waals surface area contributed by atoms with Crippen molar-refractivity contribution in [2.24, 2.45) is 11.8 Å². The van der Waals surface area contributed by atoms with Crippen molar-refractivity contribution in [2.75, 3.05) is 25.2 Å². The Morgan fingerprint density at radius 2 is 2.06 bits per heavy atom. The van der Waals surface area contributed by atoms with Crippen LogP contribution >= 0.6 is 0 Å². The lowest BCUT2D eigenvalue weighted by molar-refractivity contribution is -0.149. The minimum Gasteiger partial charge on any atom is -0.468 e. The molecule has 18 heavy (non-hydrogen) atoms. The summed E-state index contributed by atoms with van der Waals surface area (Å²) in [6.07, 6.45) is 2.34. The van der Waals surface area contributed by atoms with E-state index in [1.54, 1.807) is 0 Å². The lowest BCUT2D eigenvalue weighted by Gasteiger charge is -2.39. The molecule has 2 rings (SSSR count). The fraction of sp³-hybridized carbons (Fsp3) is 0.917. The number of hydrogen-bond acceptors (Lipinski definition) is 5. The predicted molar refractivity (Wildman–Crippen MR) is 67.9 cm³/mol. The lowest BCUT2D eigenvalue weighted by atomic mass is 9.76. The van der Waals surface area contributed by atoms with Crippen molar-refractivity contribution in [3.05, 3.63) is 0 Å². The molecule has 2 heterocycles. The summed E-state index contributed by atoms with van der Waals surface area (Å²) in [5, 5.41) is 3.20. The molecule has 0 bridgehead atoms. The number of nitrogens with one attached hydrogen (secondary N) is 1. The Labute approximate surface area is 108 Å². The smallest absolute Gasteiger partial charge is 0.325 e. The van der Waals surface area contributed by atoms with Crippen LogP contribution in [0.4, 0.5) is 0 Å². The number of carbonyl (C=O) groups is 1. The average Bonchev–Trinajstić information content (AvgIpc) is 2.69. The van der Waals surface area contributed by atoms with Crippen molar-refractivity contribution in [2.45, 2.75) is 31.7 Å². The second kappa shape index (κ2) is 4.81. The summed E-state index contributed by atoms with van der Waals surface area (Å²) in [5.74, 6) is 0.840. The largest absolute Gasteiger partial charge is 0.468 e. The standard InChI is InChI=1S/C12H21NO4S/c1-12(11(14)17-2)7-9(3-5-13-12)10-4-6-18(15,16)8-10/h9-10,13H,3-8H2,1-2H3. The fourth-order valence-electron chi connectivity index (χ4n) is 3.21. The highest BCUT2D eigenvalue weighted by Crippen LogP contribution is 2.36. The molecule has 3 unspecified atom stereocenters. The van der Waals surface area contributed by atoms with Gasteiger partial charge in [-0.15, -0.1) is 0 Å². The highest BCUT2D eigenvalue weighted by Gasteiger charge is 2.43. The van der Waals surface area contributed by atoms with Crippen molar-refractivity contribution in [1.29, 1.82) is 0 Å². The summed E-state index contributed by atoms with van der Waals surface area (Å²) in [5.41, 5.74) is -0.663. The van der Waals surface area contributed by atoms with Gasteiger partial charge in [0.25, 0.3) is 0 Å². The van der Waals surface area contributed by atoms with E-state index >= 15 is 0 Å². The molecule has 1 N–H and O–H groups in total. The van der Waals surface area contributed by atoms with Crippen LogP contribution in [-0.2, 0) is 19.4 Å². The molecule has 6 heteroatoms. The van der Waals surface area contributed by atoms with Crippen molar-refractivity contribution in [1.82, 2.24) is 5.32 Å². The van der Waals surface area contributed by atoms with E-state index in [2.05, 4.69) is 5.32 Å². The van der Waals surface area contributed by atoms with Gasteiger partial charge in [0.05, 0.1) is 18.6 Å². The van der Waals surface area contributed by atoms with Crippen LogP contribution in [0.2, 0.25) is 0 Å². The van der Waals surface area contributed by atoms with Crippen LogP contribution in [0.3, 0.4) is 0 Å². The molecule has 0 aromatic heterocycles. The van der Waals surface area contributed by atoms with Gasteiger partial charge in [-0.05, 0) is 44.6 Å². The van der Waals surface area contributed by atoms with E-state index < -0.39 is 15.4 Å². The van der Waals surface area contributed by atoms with Crippen molar-refractivity contribution in [3.8, 4) is 0 Å². The van der Waals surface area contributed by atoms with E-state index in [4.69, 9.17) is 4.74 Å². The van der Waals surface area contributed by atoms with Gasteiger partial charge in [-0.3, -0.25) is 4.79 Å². The normalized spacial score (nSPS) is 39.4. The number of sulfone groups is 1. The molecule has 0 radical (unpaired) electrons. The van der Waals surface area contributed by atoms with Gasteiger partial charge in [0, 0.05) is 0 Å². The number of methoxy groups -OCH3 is 1. The zero-order valence-electron chi connectivity index (χ0n) is 10.9. The Kier molecular flexibility index (Phi) is 3.69. The van der Waals surface area contributed by atoms with Crippen LogP contribution in [0.5, 0.6) is 0 Å². The molecule has 2 aliphatic rings. The summed E-state index contributed by atoms with van der Waals surface area (Å²) in [4.78, 5) is 11.8. The number of piperidine rings is 1. The van der Waals surface area contributed by atoms with Crippen LogP contribution in [0.1, 0.15) is 26.2 Å². The minimum atomic E-state index is -2.84. The Bertz CT molecular complexity index is 433. The van der Waals surface area contributed by atoms with Gasteiger partial charge in [0.15, 0.2) is 9.84 Å². The highest BCUT2D eigenvalue weighted by atomic mass is 32.2. The summed E-state index contributed by atoms with van der Waals surface area (Å²) >= 11 is 0. The van der Waals surface area contributed by atoms with Gasteiger partial charge < -0.3 is 10.1 Å². The van der Waals surface area contributed by atoms with Crippen LogP contribution in [0.15, 0.2) is 0 Å². The third-order valence-corrected chi connectivity index (χ3v) is 6.06. The topological polar surface area (TPSA) is 72.5 Å². The monoisotopic (exact) mass is 275 g/mol. The maximum absolute atomic E-state index is 11.8. The second-order valence-electron chi connectivity index (χ2n) is 5.67. The molecule has 0 saturated carbocycles. The van der Waals surface area contributed by atoms with Crippen molar-refractivity contribution >= 4 is 15.8 Å². The molecule has 104 valence electrons. The molecular formula is C12H21NO4S. The van der Waals surface area contributed by atoms with Gasteiger partial charge in [0.2, 0.25) is 0 Å². The van der Waals surface area contributed by atoms with Crippen LogP contribution in [-0.4, -0.2) is 45.1 Å². The molecule has 2 aliphatic heterocycles. The number of ether oxygens (including phenoxy) is 1. The summed E-state index contributed by atoms with van der Waals surface area (Å²) < 4.78 is 27.9. The van der Waals surface area contributed by atoms with E-state index in [0.29, 0.717) is 18.1 Å². The molecule has 0 aliphatic carbocycles. The lowest BCUT2D eigenvalue weighted by Crippen LogP contribution is -2.55. The first-order valence-corrected chi connectivity index (χ1v) is 8.22. The van der Waals surface area contributed by atoms with Crippen molar-refractivity contribution < 1.29 is 17.9 Å². The molecule has 3 atom stereocenters. The molecule has 0 amide bonds. The van der Waals surface area contributed by atoms with Crippen LogP contribution < -0.4 is 5.32 Å². The maximum Gasteiger partial charge on any atom is 0.325 e.